The normalized spacial score (nSPS) is 10.2. The number of methoxy groups -OCH3 is 2. The molecule has 0 aliphatic heterocycles. The lowest BCUT2D eigenvalue weighted by atomic mass is 10.1. The first-order valence-corrected chi connectivity index (χ1v) is 6.93. The van der Waals surface area contributed by atoms with Crippen LogP contribution in [0.1, 0.15) is 10.4 Å². The monoisotopic (exact) mass is 376 g/mol. The van der Waals surface area contributed by atoms with Crippen LogP contribution < -0.4 is 31.0 Å². The van der Waals surface area contributed by atoms with Crippen molar-refractivity contribution in [2.24, 2.45) is 0 Å². The molecule has 0 unspecified atom stereocenters. The maximum absolute atomic E-state index is 12.5. The van der Waals surface area contributed by atoms with E-state index in [1.54, 1.807) is 32.4 Å². The van der Waals surface area contributed by atoms with Crippen molar-refractivity contribution in [3.63, 3.8) is 0 Å². The van der Waals surface area contributed by atoms with Crippen molar-refractivity contribution < 1.29 is 35.8 Å². The summed E-state index contributed by atoms with van der Waals surface area (Å²) in [5, 5.41) is 1.07. The third kappa shape index (κ3) is 3.37. The van der Waals surface area contributed by atoms with E-state index in [0.29, 0.717) is 17.1 Å². The first-order valence-electron chi connectivity index (χ1n) is 6.93. The van der Waals surface area contributed by atoms with Crippen LogP contribution in [0.3, 0.4) is 0 Å². The number of H-pyrrole nitrogens is 1. The van der Waals surface area contributed by atoms with Crippen molar-refractivity contribution in [3.8, 4) is 11.5 Å². The molecule has 2 aromatic heterocycles. The third-order valence-electron chi connectivity index (χ3n) is 3.60. The number of nitrogens with zero attached hydrogens (tertiary/aromatic N) is 1. The van der Waals surface area contributed by atoms with Gasteiger partial charge in [-0.3, -0.25) is 4.79 Å². The fraction of sp³-hybridized carbons (Fsp3) is 0.176. The molecule has 1 N–H and O–H groups in total. The lowest BCUT2D eigenvalue weighted by Gasteiger charge is -2.09. The summed E-state index contributed by atoms with van der Waals surface area (Å²) >= 11 is 0. The number of hydrogen-bond acceptors (Lipinski definition) is 3. The average Bonchev–Trinajstić information content (AvgIpc) is 3.03. The largest absolute Gasteiger partial charge is 1.00 e. The Bertz CT molecular complexity index is 830. The van der Waals surface area contributed by atoms with E-state index in [0.717, 1.165) is 11.0 Å². The maximum atomic E-state index is 12.5. The van der Waals surface area contributed by atoms with Gasteiger partial charge >= 0.3 is 0 Å². The van der Waals surface area contributed by atoms with E-state index in [9.17, 15) is 4.79 Å². The Hall–Kier alpha value is -2.34. The minimum Gasteiger partial charge on any atom is -1.00 e. The zero-order chi connectivity index (χ0) is 15.5. The predicted molar refractivity (Wildman–Crippen MR) is 82.4 cm³/mol. The van der Waals surface area contributed by atoms with Crippen LogP contribution >= 0.6 is 0 Å². The smallest absolute Gasteiger partial charge is 0.286 e. The molecular weight excluding hydrogens is 360 g/mol. The van der Waals surface area contributed by atoms with E-state index in [-0.39, 0.29) is 29.3 Å². The Labute approximate surface area is 144 Å². The molecule has 0 spiro atoms. The Morgan fingerprint density at radius 1 is 1.13 bits per heavy atom. The lowest BCUT2D eigenvalue weighted by Crippen LogP contribution is -3.00. The molecule has 23 heavy (non-hydrogen) atoms. The van der Waals surface area contributed by atoms with Crippen LogP contribution in [-0.4, -0.2) is 25.0 Å². The van der Waals surface area contributed by atoms with Crippen molar-refractivity contribution in [1.82, 2.24) is 4.98 Å². The van der Waals surface area contributed by atoms with Crippen LogP contribution in [0.25, 0.3) is 11.0 Å². The van der Waals surface area contributed by atoms with Gasteiger partial charge in [-0.05, 0) is 36.4 Å². The van der Waals surface area contributed by atoms with Gasteiger partial charge in [0.05, 0.1) is 32.0 Å². The Morgan fingerprint density at radius 2 is 1.91 bits per heavy atom. The number of aromatic amines is 1. The number of rotatable bonds is 5. The highest BCUT2D eigenvalue weighted by Crippen LogP contribution is 2.27. The summed E-state index contributed by atoms with van der Waals surface area (Å²) in [4.78, 5) is 15.7. The number of ketones is 1. The van der Waals surface area contributed by atoms with Crippen LogP contribution in [0.2, 0.25) is 0 Å². The summed E-state index contributed by atoms with van der Waals surface area (Å²) in [6.07, 6.45) is 3.75. The molecule has 1 aromatic carbocycles. The van der Waals surface area contributed by atoms with Gasteiger partial charge in [0.15, 0.2) is 18.0 Å². The summed E-state index contributed by atoms with van der Waals surface area (Å²) in [7, 11) is 3.13. The summed E-state index contributed by atoms with van der Waals surface area (Å²) in [6.45, 7) is 0.257. The average molecular weight is 377 g/mol. The van der Waals surface area contributed by atoms with Crippen molar-refractivity contribution in [1.29, 1.82) is 0 Å². The zero-order valence-corrected chi connectivity index (χ0v) is 14.5. The van der Waals surface area contributed by atoms with Gasteiger partial charge in [0.2, 0.25) is 5.78 Å². The van der Waals surface area contributed by atoms with Crippen LogP contribution in [0, 0.1) is 0 Å². The second-order valence-electron chi connectivity index (χ2n) is 4.91. The Morgan fingerprint density at radius 3 is 2.65 bits per heavy atom. The minimum atomic E-state index is 0. The number of carbonyl (C=O) groups is 1. The van der Waals surface area contributed by atoms with E-state index < -0.39 is 0 Å². The molecule has 120 valence electrons. The molecule has 0 saturated heterocycles. The molecule has 6 heteroatoms. The molecular formula is C17H17BrN2O3. The molecule has 2 heterocycles. The van der Waals surface area contributed by atoms with Gasteiger partial charge in [0.25, 0.3) is 5.65 Å². The van der Waals surface area contributed by atoms with Gasteiger partial charge in [0, 0.05) is 5.56 Å². The standard InChI is InChI=1S/C17H16N2O3.BrH/c1-21-15-6-5-13(10-16(15)22-2)14(20)11-19-9-3-4-12-7-8-18-17(12)19;/h3-10H,11H2,1-2H3;1H. The molecule has 0 amide bonds. The van der Waals surface area contributed by atoms with Crippen molar-refractivity contribution in [2.75, 3.05) is 14.2 Å². The van der Waals surface area contributed by atoms with Gasteiger partial charge in [-0.25, -0.2) is 9.55 Å². The lowest BCUT2D eigenvalue weighted by molar-refractivity contribution is -0.658. The maximum Gasteiger partial charge on any atom is 0.286 e. The number of pyridine rings is 1. The Kier molecular flexibility index (Phi) is 5.39. The van der Waals surface area contributed by atoms with E-state index in [4.69, 9.17) is 9.47 Å². The summed E-state index contributed by atoms with van der Waals surface area (Å²) in [6, 6.07) is 11.1. The van der Waals surface area contributed by atoms with Crippen LogP contribution in [0.5, 0.6) is 11.5 Å². The molecule has 0 radical (unpaired) electrons. The number of carbonyl (C=O) groups excluding carboxylic acids is 1. The van der Waals surface area contributed by atoms with Crippen LogP contribution in [-0.2, 0) is 6.54 Å². The number of hydrogen-bond donors (Lipinski definition) is 1. The summed E-state index contributed by atoms with van der Waals surface area (Å²) < 4.78 is 12.3. The predicted octanol–water partition coefficient (Wildman–Crippen LogP) is -0.640. The van der Waals surface area contributed by atoms with Gasteiger partial charge in [0.1, 0.15) is 0 Å². The highest BCUT2D eigenvalue weighted by Gasteiger charge is 2.15. The van der Waals surface area contributed by atoms with Crippen molar-refractivity contribution in [2.45, 2.75) is 6.54 Å². The van der Waals surface area contributed by atoms with Gasteiger partial charge < -0.3 is 26.5 Å². The van der Waals surface area contributed by atoms with E-state index in [1.807, 2.05) is 35.2 Å². The van der Waals surface area contributed by atoms with Crippen molar-refractivity contribution >= 4 is 16.8 Å². The third-order valence-corrected chi connectivity index (χ3v) is 3.60. The fourth-order valence-electron chi connectivity index (χ4n) is 2.47. The second-order valence-corrected chi connectivity index (χ2v) is 4.91. The van der Waals surface area contributed by atoms with E-state index in [2.05, 4.69) is 4.98 Å². The number of nitrogens with one attached hydrogen (secondary N) is 1. The van der Waals surface area contributed by atoms with Crippen molar-refractivity contribution in [3.05, 3.63) is 54.4 Å². The number of fused-ring (bicyclic) bond motifs is 1. The second kappa shape index (κ2) is 7.28. The number of ether oxygens (including phenoxy) is 2. The molecule has 0 aliphatic carbocycles. The molecule has 0 bridgehead atoms. The first-order chi connectivity index (χ1) is 10.7. The van der Waals surface area contributed by atoms with Crippen LogP contribution in [0.15, 0.2) is 48.8 Å². The van der Waals surface area contributed by atoms with E-state index in [1.165, 1.54) is 0 Å². The number of benzene rings is 1. The van der Waals surface area contributed by atoms with Gasteiger partial charge in [-0.2, -0.15) is 0 Å². The molecule has 5 nitrogen and oxygen atoms in total. The molecule has 0 fully saturated rings. The van der Waals surface area contributed by atoms with E-state index >= 15 is 0 Å². The van der Waals surface area contributed by atoms with Gasteiger partial charge in [-0.1, -0.05) is 0 Å². The number of halogens is 1. The minimum absolute atomic E-state index is 0. The fourth-order valence-corrected chi connectivity index (χ4v) is 2.47. The molecule has 3 aromatic rings. The van der Waals surface area contributed by atoms with Crippen LogP contribution in [0.4, 0.5) is 0 Å². The molecule has 0 saturated carbocycles. The molecule has 0 atom stereocenters. The first kappa shape index (κ1) is 17.0. The summed E-state index contributed by atoms with van der Waals surface area (Å²) in [5.74, 6) is 1.17. The highest BCUT2D eigenvalue weighted by atomic mass is 79.9. The Balaban J connectivity index is 0.00000192. The zero-order valence-electron chi connectivity index (χ0n) is 12.9. The SMILES string of the molecule is COc1ccc(C(=O)C[n+]2cccc3cc[nH]c32)cc1OC.[Br-]. The quantitative estimate of drug-likeness (QED) is 0.476. The molecule has 3 rings (SSSR count). The number of aromatic nitrogens is 2. The van der Waals surface area contributed by atoms with Gasteiger partial charge in [-0.15, -0.1) is 0 Å². The molecule has 0 aliphatic rings. The topological polar surface area (TPSA) is 55.2 Å². The summed E-state index contributed by atoms with van der Waals surface area (Å²) in [5.41, 5.74) is 1.52. The number of Topliss-reactive ketones (excluding diaryl/α,β-unsaturated/α-hetero) is 1. The highest BCUT2D eigenvalue weighted by molar-refractivity contribution is 5.96.